The fourth-order valence-electron chi connectivity index (χ4n) is 3.12. The minimum absolute atomic E-state index is 0.155. The largest absolute Gasteiger partial charge is 0.378 e. The summed E-state index contributed by atoms with van der Waals surface area (Å²) in [6, 6.07) is 9.49. The Hall–Kier alpha value is -2.36. The monoisotopic (exact) mass is 432 g/mol. The number of hydrogen-bond acceptors (Lipinski definition) is 6. The van der Waals surface area contributed by atoms with Crippen LogP contribution in [0.25, 0.3) is 11.4 Å². The lowest BCUT2D eigenvalue weighted by Crippen LogP contribution is -2.41. The number of sulfonamides is 1. The maximum atomic E-state index is 13.0. The zero-order valence-corrected chi connectivity index (χ0v) is 18.2. The summed E-state index contributed by atoms with van der Waals surface area (Å²) in [6.07, 6.45) is 2.37. The van der Waals surface area contributed by atoms with E-state index in [1.807, 2.05) is 37.3 Å². The predicted molar refractivity (Wildman–Crippen MR) is 115 cm³/mol. The van der Waals surface area contributed by atoms with E-state index in [1.165, 1.54) is 0 Å². The van der Waals surface area contributed by atoms with Crippen LogP contribution in [-0.2, 0) is 21.2 Å². The molecule has 0 saturated carbocycles. The number of morpholine rings is 1. The average Bonchev–Trinajstić information content (AvgIpc) is 2.79. The fraction of sp³-hybridized carbons (Fsp3) is 0.476. The number of benzene rings is 1. The normalized spacial score (nSPS) is 15.7. The second-order valence-electron chi connectivity index (χ2n) is 7.23. The van der Waals surface area contributed by atoms with E-state index in [0.717, 1.165) is 5.56 Å². The van der Waals surface area contributed by atoms with Crippen molar-refractivity contribution in [3.05, 3.63) is 47.8 Å². The van der Waals surface area contributed by atoms with Gasteiger partial charge in [0, 0.05) is 37.8 Å². The Morgan fingerprint density at radius 1 is 1.23 bits per heavy atom. The van der Waals surface area contributed by atoms with Gasteiger partial charge in [0.2, 0.25) is 10.0 Å². The third-order valence-corrected chi connectivity index (χ3v) is 7.20. The van der Waals surface area contributed by atoms with Crippen LogP contribution in [0.5, 0.6) is 0 Å². The number of hydrogen-bond donors (Lipinski definition) is 1. The molecule has 1 N–H and O–H groups in total. The van der Waals surface area contributed by atoms with E-state index in [-0.39, 0.29) is 12.5 Å². The van der Waals surface area contributed by atoms with Crippen LogP contribution in [0.3, 0.4) is 0 Å². The molecule has 1 aromatic carbocycles. The van der Waals surface area contributed by atoms with Gasteiger partial charge in [-0.15, -0.1) is 0 Å². The van der Waals surface area contributed by atoms with Gasteiger partial charge < -0.3 is 9.64 Å². The topological polar surface area (TPSA) is 101 Å². The number of amides is 1. The number of nitrogens with zero attached hydrogens (tertiary/aromatic N) is 3. The highest BCUT2D eigenvalue weighted by Crippen LogP contribution is 2.18. The van der Waals surface area contributed by atoms with Crippen LogP contribution in [0, 0.1) is 0 Å². The summed E-state index contributed by atoms with van der Waals surface area (Å²) in [7, 11) is -3.40. The molecule has 1 amide bonds. The molecule has 162 valence electrons. The minimum atomic E-state index is -3.40. The molecule has 8 nitrogen and oxygen atoms in total. The van der Waals surface area contributed by atoms with Crippen molar-refractivity contribution in [3.63, 3.8) is 0 Å². The predicted octanol–water partition coefficient (Wildman–Crippen LogP) is 1.88. The van der Waals surface area contributed by atoms with Gasteiger partial charge in [-0.25, -0.2) is 23.1 Å². The smallest absolute Gasteiger partial charge is 0.257 e. The molecular weight excluding hydrogens is 404 g/mol. The summed E-state index contributed by atoms with van der Waals surface area (Å²) in [5.74, 6) is 0.353. The molecule has 0 spiro atoms. The summed E-state index contributed by atoms with van der Waals surface area (Å²) < 4.78 is 32.5. The molecule has 1 fully saturated rings. The van der Waals surface area contributed by atoms with Crippen molar-refractivity contribution in [3.8, 4) is 11.4 Å². The highest BCUT2D eigenvalue weighted by Gasteiger charge is 2.24. The molecule has 1 aromatic heterocycles. The van der Waals surface area contributed by atoms with Gasteiger partial charge in [0.1, 0.15) is 0 Å². The van der Waals surface area contributed by atoms with Crippen molar-refractivity contribution in [2.75, 3.05) is 32.8 Å². The quantitative estimate of drug-likeness (QED) is 0.683. The number of carbonyl (C=O) groups is 1. The third-order valence-electron chi connectivity index (χ3n) is 5.20. The lowest BCUT2D eigenvalue weighted by Gasteiger charge is -2.27. The first-order chi connectivity index (χ1) is 14.4. The Morgan fingerprint density at radius 3 is 2.60 bits per heavy atom. The lowest BCUT2D eigenvalue weighted by atomic mass is 10.1. The Kier molecular flexibility index (Phi) is 7.52. The van der Waals surface area contributed by atoms with Gasteiger partial charge in [0.15, 0.2) is 5.82 Å². The van der Waals surface area contributed by atoms with E-state index < -0.39 is 15.3 Å². The molecule has 3 rings (SSSR count). The molecule has 1 atom stereocenters. The molecule has 2 aromatic rings. The Labute approximate surface area is 177 Å². The van der Waals surface area contributed by atoms with E-state index in [4.69, 9.17) is 4.74 Å². The highest BCUT2D eigenvalue weighted by atomic mass is 32.2. The molecule has 1 unspecified atom stereocenters. The number of rotatable bonds is 8. The number of carbonyl (C=O) groups excluding carboxylic acids is 1. The maximum Gasteiger partial charge on any atom is 0.257 e. The SMILES string of the molecule is CCC(C)S(=O)(=O)NCCc1nc(-c2ccccc2)ncc1C(=O)N1CCOCC1. The van der Waals surface area contributed by atoms with Gasteiger partial charge in [0.05, 0.1) is 29.7 Å². The Balaban J connectivity index is 1.85. The van der Waals surface area contributed by atoms with Crippen LogP contribution in [0.15, 0.2) is 36.5 Å². The van der Waals surface area contributed by atoms with E-state index in [9.17, 15) is 13.2 Å². The summed E-state index contributed by atoms with van der Waals surface area (Å²) in [5, 5.41) is -0.475. The zero-order valence-electron chi connectivity index (χ0n) is 17.4. The standard InChI is InChI=1S/C21H28N4O4S/c1-3-16(2)30(27,28)23-10-9-19-18(21(26)25-11-13-29-14-12-25)15-22-20(24-19)17-7-5-4-6-8-17/h4-8,15-16,23H,3,9-14H2,1-2H3. The van der Waals surface area contributed by atoms with Crippen LogP contribution in [0.1, 0.15) is 36.3 Å². The van der Waals surface area contributed by atoms with E-state index in [0.29, 0.717) is 56.2 Å². The molecule has 0 bridgehead atoms. The van der Waals surface area contributed by atoms with Crippen molar-refractivity contribution < 1.29 is 17.9 Å². The van der Waals surface area contributed by atoms with Crippen molar-refractivity contribution in [2.45, 2.75) is 31.9 Å². The molecule has 1 aliphatic heterocycles. The first-order valence-corrected chi connectivity index (χ1v) is 11.7. The molecule has 1 saturated heterocycles. The van der Waals surface area contributed by atoms with Gasteiger partial charge in [-0.2, -0.15) is 0 Å². The Morgan fingerprint density at radius 2 is 1.93 bits per heavy atom. The number of aromatic nitrogens is 2. The number of ether oxygens (including phenoxy) is 1. The first-order valence-electron chi connectivity index (χ1n) is 10.2. The van der Waals surface area contributed by atoms with Crippen LogP contribution in [-0.4, -0.2) is 67.3 Å². The Bertz CT molecular complexity index is 960. The van der Waals surface area contributed by atoms with Gasteiger partial charge in [-0.3, -0.25) is 4.79 Å². The first kappa shape index (κ1) is 22.3. The van der Waals surface area contributed by atoms with E-state index in [1.54, 1.807) is 18.0 Å². The molecule has 0 aliphatic carbocycles. The van der Waals surface area contributed by atoms with Gasteiger partial charge in [-0.1, -0.05) is 37.3 Å². The fourth-order valence-corrected chi connectivity index (χ4v) is 4.23. The minimum Gasteiger partial charge on any atom is -0.378 e. The summed E-state index contributed by atoms with van der Waals surface area (Å²) >= 11 is 0. The van der Waals surface area contributed by atoms with Gasteiger partial charge >= 0.3 is 0 Å². The van der Waals surface area contributed by atoms with Crippen molar-refractivity contribution in [1.29, 1.82) is 0 Å². The summed E-state index contributed by atoms with van der Waals surface area (Å²) in [6.45, 7) is 5.70. The second kappa shape index (κ2) is 10.1. The lowest BCUT2D eigenvalue weighted by molar-refractivity contribution is 0.0301. The highest BCUT2D eigenvalue weighted by molar-refractivity contribution is 7.90. The molecule has 30 heavy (non-hydrogen) atoms. The zero-order chi connectivity index (χ0) is 21.6. The molecule has 1 aliphatic rings. The number of nitrogens with one attached hydrogen (secondary N) is 1. The molecule has 2 heterocycles. The maximum absolute atomic E-state index is 13.0. The van der Waals surface area contributed by atoms with E-state index in [2.05, 4.69) is 14.7 Å². The van der Waals surface area contributed by atoms with Gasteiger partial charge in [0.25, 0.3) is 5.91 Å². The summed E-state index contributed by atoms with van der Waals surface area (Å²) in [4.78, 5) is 23.8. The van der Waals surface area contributed by atoms with Gasteiger partial charge in [-0.05, 0) is 13.3 Å². The van der Waals surface area contributed by atoms with Crippen LogP contribution < -0.4 is 4.72 Å². The summed E-state index contributed by atoms with van der Waals surface area (Å²) in [5.41, 5.74) is 1.77. The van der Waals surface area contributed by atoms with Crippen LogP contribution in [0.2, 0.25) is 0 Å². The molecule has 9 heteroatoms. The van der Waals surface area contributed by atoms with Crippen molar-refractivity contribution >= 4 is 15.9 Å². The molecule has 0 radical (unpaired) electrons. The van der Waals surface area contributed by atoms with Crippen LogP contribution in [0.4, 0.5) is 0 Å². The molecular formula is C21H28N4O4S. The second-order valence-corrected chi connectivity index (χ2v) is 9.42. The third kappa shape index (κ3) is 5.41. The average molecular weight is 433 g/mol. The van der Waals surface area contributed by atoms with Crippen LogP contribution >= 0.6 is 0 Å². The van der Waals surface area contributed by atoms with Crippen molar-refractivity contribution in [1.82, 2.24) is 19.6 Å². The van der Waals surface area contributed by atoms with E-state index >= 15 is 0 Å². The van der Waals surface area contributed by atoms with Crippen molar-refractivity contribution in [2.24, 2.45) is 0 Å².